The second-order valence-electron chi connectivity index (χ2n) is 11.2. The van der Waals surface area contributed by atoms with Crippen LogP contribution in [0, 0.1) is 37.8 Å². The molecule has 0 aliphatic rings. The van der Waals surface area contributed by atoms with Crippen LogP contribution in [0.2, 0.25) is 0 Å². The number of rotatable bonds is 13. The number of non-ortho nitro benzene ring substituents is 1. The minimum absolute atomic E-state index is 0. The molecule has 0 atom stereocenters. The van der Waals surface area contributed by atoms with Crippen molar-refractivity contribution >= 4 is 59.4 Å². The van der Waals surface area contributed by atoms with Crippen molar-refractivity contribution in [2.24, 2.45) is 0 Å². The first-order chi connectivity index (χ1) is 19.6. The molecule has 44 heavy (non-hydrogen) atoms. The van der Waals surface area contributed by atoms with Crippen molar-refractivity contribution < 1.29 is 23.5 Å². The molecule has 0 spiro atoms. The number of carbonyl (C=O) groups excluding carboxylic acids is 2. The highest BCUT2D eigenvalue weighted by Gasteiger charge is 2.26. The van der Waals surface area contributed by atoms with Crippen LogP contribution in [-0.4, -0.2) is 78.1 Å². The summed E-state index contributed by atoms with van der Waals surface area (Å²) in [6, 6.07) is 6.77. The Hall–Kier alpha value is -2.92. The molecule has 2 aromatic rings. The summed E-state index contributed by atoms with van der Waals surface area (Å²) in [4.78, 5) is 35.1. The summed E-state index contributed by atoms with van der Waals surface area (Å²) in [5.41, 5.74) is 11.6. The van der Waals surface area contributed by atoms with Gasteiger partial charge in [0, 0.05) is 29.2 Å². The van der Waals surface area contributed by atoms with E-state index in [9.17, 15) is 19.7 Å². The molecule has 0 aromatic heterocycles. The highest BCUT2D eigenvalue weighted by atomic mass is 35.5. The van der Waals surface area contributed by atoms with E-state index in [1.54, 1.807) is 13.8 Å². The van der Waals surface area contributed by atoms with Gasteiger partial charge < -0.3 is 25.3 Å². The lowest BCUT2D eigenvalue weighted by Gasteiger charge is -2.35. The number of nitrogen functional groups attached to an aromatic ring is 1. The Balaban J connectivity index is 0. The van der Waals surface area contributed by atoms with Gasteiger partial charge in [0.05, 0.1) is 44.2 Å². The van der Waals surface area contributed by atoms with Gasteiger partial charge in [-0.25, -0.2) is 0 Å². The Kier molecular flexibility index (Phi) is 19.1. The number of aryl methyl sites for hydroxylation is 4. The molecule has 0 saturated carbocycles. The van der Waals surface area contributed by atoms with E-state index >= 15 is 0 Å². The second-order valence-corrected chi connectivity index (χ2v) is 11.2. The molecule has 0 heterocycles. The maximum atomic E-state index is 12.4. The van der Waals surface area contributed by atoms with Crippen LogP contribution < -0.4 is 16.4 Å². The van der Waals surface area contributed by atoms with Crippen molar-refractivity contribution in [3.05, 3.63) is 56.6 Å². The van der Waals surface area contributed by atoms with Gasteiger partial charge in [-0.3, -0.25) is 19.7 Å². The summed E-state index contributed by atoms with van der Waals surface area (Å²) in [6.45, 7) is 26.7. The molecule has 0 saturated heterocycles. The van der Waals surface area contributed by atoms with E-state index in [1.807, 2.05) is 26.0 Å². The predicted molar refractivity (Wildman–Crippen MR) is 188 cm³/mol. The van der Waals surface area contributed by atoms with Gasteiger partial charge in [-0.2, -0.15) is 0 Å². The fourth-order valence-corrected chi connectivity index (χ4v) is 5.42. The number of nitrogens with zero attached hydrogens (tertiary/aromatic N) is 3. The zero-order chi connectivity index (χ0) is 32.3. The average Bonchev–Trinajstić information content (AvgIpc) is 2.94. The molecule has 0 aliphatic carbocycles. The monoisotopic (exact) mass is 658 g/mol. The summed E-state index contributed by atoms with van der Waals surface area (Å²) in [5.74, 6) is 0.0251. The molecular weight excluding hydrogens is 603 g/mol. The maximum absolute atomic E-state index is 12.4. The van der Waals surface area contributed by atoms with Crippen LogP contribution in [0.5, 0.6) is 0 Å². The van der Waals surface area contributed by atoms with Crippen molar-refractivity contribution in [3.8, 4) is 0 Å². The second kappa shape index (κ2) is 19.5. The number of benzene rings is 2. The van der Waals surface area contributed by atoms with Crippen molar-refractivity contribution in [1.29, 1.82) is 0 Å². The molecule has 0 unspecified atom stereocenters. The molecule has 12 heteroatoms. The van der Waals surface area contributed by atoms with Gasteiger partial charge in [-0.05, 0) is 104 Å². The Bertz CT molecular complexity index is 1180. The van der Waals surface area contributed by atoms with Crippen LogP contribution in [0.15, 0.2) is 24.3 Å². The number of nitrogens with two attached hydrogens (primary N) is 1. The van der Waals surface area contributed by atoms with Gasteiger partial charge in [0.2, 0.25) is 0 Å². The number of amides is 2. The number of nitro groups is 1. The van der Waals surface area contributed by atoms with E-state index < -0.39 is 4.92 Å². The van der Waals surface area contributed by atoms with Crippen LogP contribution >= 0.6 is 24.8 Å². The minimum atomic E-state index is -0.418. The summed E-state index contributed by atoms with van der Waals surface area (Å²) >= 11 is 0. The third-order valence-corrected chi connectivity index (χ3v) is 8.80. The Morgan fingerprint density at radius 1 is 0.659 bits per heavy atom. The van der Waals surface area contributed by atoms with Gasteiger partial charge in [-0.1, -0.05) is 0 Å². The number of nitrogens with one attached hydrogen (secondary N) is 2. The Labute approximate surface area is 276 Å². The normalized spacial score (nSPS) is 10.9. The van der Waals surface area contributed by atoms with E-state index in [4.69, 9.17) is 5.73 Å². The zero-order valence-electron chi connectivity index (χ0n) is 28.3. The van der Waals surface area contributed by atoms with Crippen molar-refractivity contribution in [2.75, 3.05) is 68.7 Å². The number of hydrogen-bond acceptors (Lipinski definition) is 5. The molecule has 2 aromatic carbocycles. The summed E-state index contributed by atoms with van der Waals surface area (Å²) in [5, 5.41) is 16.8. The van der Waals surface area contributed by atoms with E-state index in [1.165, 1.54) is 12.1 Å². The lowest BCUT2D eigenvalue weighted by atomic mass is 10.1. The number of likely N-dealkylation sites (N-methyl/N-ethyl adjacent to an activating group) is 2. The van der Waals surface area contributed by atoms with E-state index in [2.05, 4.69) is 52.2 Å². The molecular formula is C32H56Cl2N6O4+2. The van der Waals surface area contributed by atoms with Crippen LogP contribution in [0.25, 0.3) is 0 Å². The molecule has 0 bridgehead atoms. The highest BCUT2D eigenvalue weighted by molar-refractivity contribution is 5.94. The Morgan fingerprint density at radius 2 is 0.932 bits per heavy atom. The minimum Gasteiger partial charge on any atom is -0.399 e. The fourth-order valence-electron chi connectivity index (χ4n) is 5.42. The molecule has 0 fully saturated rings. The third-order valence-electron chi connectivity index (χ3n) is 8.80. The van der Waals surface area contributed by atoms with E-state index in [0.717, 1.165) is 70.7 Å². The van der Waals surface area contributed by atoms with Gasteiger partial charge in [0.1, 0.15) is 0 Å². The number of quaternary nitrogens is 2. The number of anilines is 3. The number of nitro benzene ring substituents is 1. The van der Waals surface area contributed by atoms with Crippen LogP contribution in [0.3, 0.4) is 0 Å². The van der Waals surface area contributed by atoms with Crippen molar-refractivity contribution in [3.63, 3.8) is 0 Å². The molecule has 4 N–H and O–H groups in total. The fraction of sp³-hybridized carbons (Fsp3) is 0.562. The van der Waals surface area contributed by atoms with Crippen LogP contribution in [-0.2, 0) is 9.59 Å². The lowest BCUT2D eigenvalue weighted by Crippen LogP contribution is -2.52. The predicted octanol–water partition coefficient (Wildman–Crippen LogP) is 6.57. The zero-order valence-corrected chi connectivity index (χ0v) is 30.0. The summed E-state index contributed by atoms with van der Waals surface area (Å²) in [7, 11) is 0. The smallest absolute Gasteiger partial charge is 0.279 e. The first-order valence-corrected chi connectivity index (χ1v) is 15.1. The first-order valence-electron chi connectivity index (χ1n) is 15.1. The number of carbonyl (C=O) groups is 2. The molecule has 2 amide bonds. The van der Waals surface area contributed by atoms with Crippen LogP contribution in [0.1, 0.15) is 63.8 Å². The van der Waals surface area contributed by atoms with Gasteiger partial charge in [-0.15, -0.1) is 24.8 Å². The molecule has 250 valence electrons. The number of hydrogen-bond donors (Lipinski definition) is 3. The van der Waals surface area contributed by atoms with Crippen molar-refractivity contribution in [2.45, 2.75) is 69.2 Å². The molecule has 10 nitrogen and oxygen atoms in total. The lowest BCUT2D eigenvalue weighted by molar-refractivity contribution is -0.915. The third kappa shape index (κ3) is 11.9. The Morgan fingerprint density at radius 3 is 1.18 bits per heavy atom. The van der Waals surface area contributed by atoms with Crippen molar-refractivity contribution in [1.82, 2.24) is 0 Å². The number of halogens is 2. The van der Waals surface area contributed by atoms with E-state index in [-0.39, 0.29) is 42.3 Å². The molecule has 0 aliphatic heterocycles. The van der Waals surface area contributed by atoms with E-state index in [0.29, 0.717) is 29.9 Å². The van der Waals surface area contributed by atoms with Gasteiger partial charge in [0.15, 0.2) is 13.1 Å². The summed E-state index contributed by atoms with van der Waals surface area (Å²) in [6.07, 6.45) is 0. The summed E-state index contributed by atoms with van der Waals surface area (Å²) < 4.78 is 1.55. The van der Waals surface area contributed by atoms with Gasteiger partial charge in [0.25, 0.3) is 17.5 Å². The van der Waals surface area contributed by atoms with Gasteiger partial charge >= 0.3 is 0 Å². The maximum Gasteiger partial charge on any atom is 0.279 e. The average molecular weight is 660 g/mol. The topological polar surface area (TPSA) is 127 Å². The largest absolute Gasteiger partial charge is 0.399 e. The van der Waals surface area contributed by atoms with Crippen LogP contribution in [0.4, 0.5) is 22.7 Å². The molecule has 0 radical (unpaired) electrons. The SMILES string of the molecule is CC[N+](CC)(CC)CC(=O)Nc1c(C)cc(N)cc1C.CC[N+](CC)(CC)CC(=O)Nc1c(C)cc([N+](=O)[O-])cc1C.Cl.Cl. The quantitative estimate of drug-likeness (QED) is 0.0971. The highest BCUT2D eigenvalue weighted by Crippen LogP contribution is 2.26. The molecule has 2 rings (SSSR count). The first kappa shape index (κ1) is 43.2. The standard InChI is InChI=1S/C16H25N3O3.C16H27N3O.2ClH/c1-6-19(7-2,8-3)11-15(20)17-16-12(4)9-14(18(21)22)10-13(16)5;1-6-19(7-2,8-3)11-15(20)18-16-12(4)9-14(17)10-13(16)5;;/h9-10H,6-8,11H2,1-5H3;9-10H,6-8,11,17H2,1-5H3;2*1H/p+2.